The van der Waals surface area contributed by atoms with Crippen LogP contribution in [-0.2, 0) is 11.3 Å². The van der Waals surface area contributed by atoms with Crippen molar-refractivity contribution in [2.75, 3.05) is 5.75 Å². The predicted octanol–water partition coefficient (Wildman–Crippen LogP) is 2.28. The number of benzene rings is 1. The standard InChI is InChI=1S/C16H15N5OS/c22-14(18-10-12-4-2-1-3-5-12)11-23-16-19-15(20-21-16)13-6-8-17-9-7-13/h1-9H,10-11H2,(H,18,22)(H,19,20,21). The molecule has 0 aliphatic carbocycles. The number of nitrogens with one attached hydrogen (secondary N) is 2. The smallest absolute Gasteiger partial charge is 0.230 e. The van der Waals surface area contributed by atoms with Crippen molar-refractivity contribution in [3.63, 3.8) is 0 Å². The Morgan fingerprint density at radius 2 is 1.91 bits per heavy atom. The molecule has 1 aromatic carbocycles. The third kappa shape index (κ3) is 4.40. The fourth-order valence-corrected chi connectivity index (χ4v) is 2.56. The Bertz CT molecular complexity index is 760. The van der Waals surface area contributed by atoms with E-state index in [1.165, 1.54) is 11.8 Å². The molecule has 23 heavy (non-hydrogen) atoms. The van der Waals surface area contributed by atoms with Gasteiger partial charge in [0, 0.05) is 24.5 Å². The number of rotatable bonds is 6. The van der Waals surface area contributed by atoms with Crippen molar-refractivity contribution >= 4 is 17.7 Å². The summed E-state index contributed by atoms with van der Waals surface area (Å²) in [5, 5.41) is 10.4. The average molecular weight is 325 g/mol. The molecular weight excluding hydrogens is 310 g/mol. The van der Waals surface area contributed by atoms with Crippen molar-refractivity contribution in [2.24, 2.45) is 0 Å². The van der Waals surface area contributed by atoms with Gasteiger partial charge in [-0.15, -0.1) is 5.10 Å². The summed E-state index contributed by atoms with van der Waals surface area (Å²) in [7, 11) is 0. The number of carbonyl (C=O) groups is 1. The highest BCUT2D eigenvalue weighted by Crippen LogP contribution is 2.18. The van der Waals surface area contributed by atoms with E-state index in [-0.39, 0.29) is 11.7 Å². The summed E-state index contributed by atoms with van der Waals surface area (Å²) in [5.41, 5.74) is 1.98. The molecule has 3 aromatic rings. The van der Waals surface area contributed by atoms with Crippen molar-refractivity contribution in [3.8, 4) is 11.4 Å². The quantitative estimate of drug-likeness (QED) is 0.679. The van der Waals surface area contributed by atoms with Crippen molar-refractivity contribution in [1.29, 1.82) is 0 Å². The third-order valence-electron chi connectivity index (χ3n) is 3.08. The van der Waals surface area contributed by atoms with Crippen LogP contribution in [0.25, 0.3) is 11.4 Å². The topological polar surface area (TPSA) is 83.6 Å². The molecule has 0 unspecified atom stereocenters. The molecule has 0 spiro atoms. The second-order valence-corrected chi connectivity index (χ2v) is 5.70. The Hall–Kier alpha value is -2.67. The Labute approximate surface area is 137 Å². The van der Waals surface area contributed by atoms with Gasteiger partial charge in [0.1, 0.15) is 0 Å². The van der Waals surface area contributed by atoms with Gasteiger partial charge in [-0.05, 0) is 17.7 Å². The van der Waals surface area contributed by atoms with Crippen LogP contribution in [0, 0.1) is 0 Å². The Kier molecular flexibility index (Phi) is 5.00. The number of pyridine rings is 1. The SMILES string of the molecule is O=C(CSc1n[nH]c(-c2ccncc2)n1)NCc1ccccc1. The number of amides is 1. The fourth-order valence-electron chi connectivity index (χ4n) is 1.93. The second-order valence-electron chi connectivity index (χ2n) is 4.75. The van der Waals surface area contributed by atoms with E-state index in [0.29, 0.717) is 17.5 Å². The molecule has 2 N–H and O–H groups in total. The summed E-state index contributed by atoms with van der Waals surface area (Å²) in [4.78, 5) is 20.2. The van der Waals surface area contributed by atoms with E-state index in [0.717, 1.165) is 11.1 Å². The molecular formula is C16H15N5OS. The number of carbonyl (C=O) groups excluding carboxylic acids is 1. The highest BCUT2D eigenvalue weighted by Gasteiger charge is 2.08. The molecule has 2 heterocycles. The van der Waals surface area contributed by atoms with Crippen LogP contribution in [0.15, 0.2) is 60.0 Å². The zero-order valence-electron chi connectivity index (χ0n) is 12.3. The van der Waals surface area contributed by atoms with Gasteiger partial charge in [-0.2, -0.15) is 0 Å². The van der Waals surface area contributed by atoms with Crippen molar-refractivity contribution in [2.45, 2.75) is 11.7 Å². The fraction of sp³-hybridized carbons (Fsp3) is 0.125. The number of aromatic amines is 1. The van der Waals surface area contributed by atoms with Crippen molar-refractivity contribution in [3.05, 3.63) is 60.4 Å². The lowest BCUT2D eigenvalue weighted by Gasteiger charge is -2.03. The average Bonchev–Trinajstić information content (AvgIpc) is 3.09. The molecule has 0 atom stereocenters. The first-order valence-electron chi connectivity index (χ1n) is 7.07. The van der Waals surface area contributed by atoms with Crippen LogP contribution in [0.1, 0.15) is 5.56 Å². The first-order chi connectivity index (χ1) is 11.3. The maximum Gasteiger partial charge on any atom is 0.230 e. The van der Waals surface area contributed by atoms with E-state index in [1.807, 2.05) is 42.5 Å². The Morgan fingerprint density at radius 1 is 1.13 bits per heavy atom. The molecule has 1 amide bonds. The molecule has 0 radical (unpaired) electrons. The highest BCUT2D eigenvalue weighted by atomic mass is 32.2. The first-order valence-corrected chi connectivity index (χ1v) is 8.06. The lowest BCUT2D eigenvalue weighted by atomic mass is 10.2. The van der Waals surface area contributed by atoms with E-state index in [2.05, 4.69) is 25.5 Å². The monoisotopic (exact) mass is 325 g/mol. The van der Waals surface area contributed by atoms with Crippen LogP contribution in [0.2, 0.25) is 0 Å². The number of thioether (sulfide) groups is 1. The molecule has 0 saturated heterocycles. The lowest BCUT2D eigenvalue weighted by Crippen LogP contribution is -2.24. The zero-order chi connectivity index (χ0) is 15.9. The van der Waals surface area contributed by atoms with Gasteiger partial charge in [-0.3, -0.25) is 14.9 Å². The molecule has 0 fully saturated rings. The van der Waals surface area contributed by atoms with E-state index in [4.69, 9.17) is 0 Å². The van der Waals surface area contributed by atoms with E-state index >= 15 is 0 Å². The maximum atomic E-state index is 11.9. The van der Waals surface area contributed by atoms with Gasteiger partial charge >= 0.3 is 0 Å². The molecule has 3 rings (SSSR count). The van der Waals surface area contributed by atoms with E-state index < -0.39 is 0 Å². The molecule has 2 aromatic heterocycles. The van der Waals surface area contributed by atoms with Gasteiger partial charge in [-0.25, -0.2) is 4.98 Å². The third-order valence-corrected chi connectivity index (χ3v) is 3.93. The van der Waals surface area contributed by atoms with E-state index in [1.54, 1.807) is 12.4 Å². The number of aromatic nitrogens is 4. The zero-order valence-corrected chi connectivity index (χ0v) is 13.1. The first kappa shape index (κ1) is 15.2. The number of hydrogen-bond acceptors (Lipinski definition) is 5. The van der Waals surface area contributed by atoms with Crippen LogP contribution in [0.5, 0.6) is 0 Å². The minimum atomic E-state index is -0.0471. The van der Waals surface area contributed by atoms with Crippen LogP contribution in [-0.4, -0.2) is 31.8 Å². The summed E-state index contributed by atoms with van der Waals surface area (Å²) in [5.74, 6) is 0.897. The molecule has 0 bridgehead atoms. The van der Waals surface area contributed by atoms with Gasteiger partial charge in [-0.1, -0.05) is 42.1 Å². The molecule has 0 aliphatic heterocycles. The summed E-state index contributed by atoms with van der Waals surface area (Å²) >= 11 is 1.30. The van der Waals surface area contributed by atoms with Crippen LogP contribution in [0.3, 0.4) is 0 Å². The van der Waals surface area contributed by atoms with E-state index in [9.17, 15) is 4.79 Å². The summed E-state index contributed by atoms with van der Waals surface area (Å²) in [6.07, 6.45) is 3.39. The van der Waals surface area contributed by atoms with Crippen LogP contribution < -0.4 is 5.32 Å². The van der Waals surface area contributed by atoms with Gasteiger partial charge in [0.05, 0.1) is 5.75 Å². The highest BCUT2D eigenvalue weighted by molar-refractivity contribution is 7.99. The maximum absolute atomic E-state index is 11.9. The number of H-pyrrole nitrogens is 1. The number of hydrogen-bond donors (Lipinski definition) is 2. The molecule has 116 valence electrons. The molecule has 0 aliphatic rings. The Morgan fingerprint density at radius 3 is 2.70 bits per heavy atom. The summed E-state index contributed by atoms with van der Waals surface area (Å²) in [6, 6.07) is 13.5. The largest absolute Gasteiger partial charge is 0.351 e. The minimum absolute atomic E-state index is 0.0471. The predicted molar refractivity (Wildman–Crippen MR) is 88.6 cm³/mol. The van der Waals surface area contributed by atoms with Crippen molar-refractivity contribution in [1.82, 2.24) is 25.5 Å². The van der Waals surface area contributed by atoms with Crippen LogP contribution in [0.4, 0.5) is 0 Å². The normalized spacial score (nSPS) is 10.4. The van der Waals surface area contributed by atoms with Gasteiger partial charge in [0.15, 0.2) is 5.82 Å². The van der Waals surface area contributed by atoms with Gasteiger partial charge in [0.25, 0.3) is 0 Å². The van der Waals surface area contributed by atoms with Crippen LogP contribution >= 0.6 is 11.8 Å². The summed E-state index contributed by atoms with van der Waals surface area (Å²) in [6.45, 7) is 0.524. The Balaban J connectivity index is 1.49. The molecule has 6 nitrogen and oxygen atoms in total. The van der Waals surface area contributed by atoms with Gasteiger partial charge < -0.3 is 5.32 Å². The summed E-state index contributed by atoms with van der Waals surface area (Å²) < 4.78 is 0. The second kappa shape index (κ2) is 7.55. The number of nitrogens with zero attached hydrogens (tertiary/aromatic N) is 3. The van der Waals surface area contributed by atoms with Crippen molar-refractivity contribution < 1.29 is 4.79 Å². The molecule has 7 heteroatoms. The van der Waals surface area contributed by atoms with Gasteiger partial charge in [0.2, 0.25) is 11.1 Å². The molecule has 0 saturated carbocycles. The minimum Gasteiger partial charge on any atom is -0.351 e. The lowest BCUT2D eigenvalue weighted by molar-refractivity contribution is -0.118.